The number of hydrogen-bond acceptors (Lipinski definition) is 3. The van der Waals surface area contributed by atoms with Gasteiger partial charge in [0.25, 0.3) is 0 Å². The van der Waals surface area contributed by atoms with Crippen LogP contribution in [0.15, 0.2) is 0 Å². The van der Waals surface area contributed by atoms with Crippen molar-refractivity contribution in [3.63, 3.8) is 0 Å². The third-order valence-electron chi connectivity index (χ3n) is 2.47. The van der Waals surface area contributed by atoms with E-state index in [4.69, 9.17) is 10.8 Å². The molecule has 16 heavy (non-hydrogen) atoms. The third kappa shape index (κ3) is 5.70. The van der Waals surface area contributed by atoms with Crippen LogP contribution in [0, 0.1) is 0 Å². The molecule has 0 aromatic carbocycles. The van der Waals surface area contributed by atoms with Crippen LogP contribution >= 0.6 is 0 Å². The van der Waals surface area contributed by atoms with Gasteiger partial charge in [-0.1, -0.05) is 6.92 Å². The molecule has 0 aromatic rings. The lowest BCUT2D eigenvalue weighted by atomic mass is 10.1. The van der Waals surface area contributed by atoms with Crippen LogP contribution in [-0.4, -0.2) is 40.5 Å². The van der Waals surface area contributed by atoms with Gasteiger partial charge in [0.05, 0.1) is 6.42 Å². The van der Waals surface area contributed by atoms with Crippen LogP contribution in [0.5, 0.6) is 0 Å². The minimum atomic E-state index is -0.891. The Kier molecular flexibility index (Phi) is 6.72. The minimum absolute atomic E-state index is 0.0101. The van der Waals surface area contributed by atoms with Gasteiger partial charge in [-0.3, -0.25) is 9.59 Å². The molecule has 3 N–H and O–H groups in total. The average Bonchev–Trinajstić information content (AvgIpc) is 2.16. The Morgan fingerprint density at radius 3 is 2.31 bits per heavy atom. The van der Waals surface area contributed by atoms with Crippen molar-refractivity contribution in [3.05, 3.63) is 0 Å². The molecular formula is C11H22N2O3. The molecule has 5 heteroatoms. The molecule has 0 radical (unpaired) electrons. The standard InChI is InChI=1S/C11H22N2O3/c1-4-9(12)7-10(14)13(8(2)3)6-5-11(15)16/h8-9H,4-7,12H2,1-3H3,(H,15,16). The summed E-state index contributed by atoms with van der Waals surface area (Å²) >= 11 is 0. The highest BCUT2D eigenvalue weighted by Crippen LogP contribution is 2.06. The van der Waals surface area contributed by atoms with E-state index in [9.17, 15) is 9.59 Å². The Morgan fingerprint density at radius 2 is 1.94 bits per heavy atom. The van der Waals surface area contributed by atoms with E-state index in [1.807, 2.05) is 20.8 Å². The van der Waals surface area contributed by atoms with Crippen molar-refractivity contribution in [2.24, 2.45) is 5.73 Å². The highest BCUT2D eigenvalue weighted by Gasteiger charge is 2.19. The number of nitrogens with zero attached hydrogens (tertiary/aromatic N) is 1. The van der Waals surface area contributed by atoms with Crippen molar-refractivity contribution < 1.29 is 14.7 Å². The highest BCUT2D eigenvalue weighted by molar-refractivity contribution is 5.77. The maximum absolute atomic E-state index is 11.8. The SMILES string of the molecule is CCC(N)CC(=O)N(CCC(=O)O)C(C)C. The molecule has 0 rings (SSSR count). The summed E-state index contributed by atoms with van der Waals surface area (Å²) < 4.78 is 0. The van der Waals surface area contributed by atoms with Gasteiger partial charge >= 0.3 is 5.97 Å². The van der Waals surface area contributed by atoms with E-state index in [-0.39, 0.29) is 37.4 Å². The van der Waals surface area contributed by atoms with E-state index in [2.05, 4.69) is 0 Å². The van der Waals surface area contributed by atoms with Crippen molar-refractivity contribution >= 4 is 11.9 Å². The maximum Gasteiger partial charge on any atom is 0.305 e. The molecule has 0 spiro atoms. The monoisotopic (exact) mass is 230 g/mol. The Hall–Kier alpha value is -1.10. The van der Waals surface area contributed by atoms with Crippen LogP contribution in [0.2, 0.25) is 0 Å². The maximum atomic E-state index is 11.8. The molecule has 0 aliphatic heterocycles. The van der Waals surface area contributed by atoms with Crippen LogP contribution in [-0.2, 0) is 9.59 Å². The molecule has 0 saturated heterocycles. The van der Waals surface area contributed by atoms with Gasteiger partial charge in [-0.05, 0) is 20.3 Å². The second-order valence-electron chi connectivity index (χ2n) is 4.20. The number of nitrogens with two attached hydrogens (primary N) is 1. The lowest BCUT2D eigenvalue weighted by Gasteiger charge is -2.27. The predicted octanol–water partition coefficient (Wildman–Crippen LogP) is 0.826. The molecule has 0 aliphatic carbocycles. The molecule has 0 heterocycles. The Bertz CT molecular complexity index is 241. The number of amides is 1. The van der Waals surface area contributed by atoms with Crippen LogP contribution in [0.4, 0.5) is 0 Å². The first-order valence-electron chi connectivity index (χ1n) is 5.65. The molecule has 0 aromatic heterocycles. The first-order chi connectivity index (χ1) is 7.38. The zero-order chi connectivity index (χ0) is 12.7. The number of hydrogen-bond donors (Lipinski definition) is 2. The van der Waals surface area contributed by atoms with Gasteiger partial charge in [0.1, 0.15) is 0 Å². The smallest absolute Gasteiger partial charge is 0.305 e. The van der Waals surface area contributed by atoms with Gasteiger partial charge in [-0.25, -0.2) is 0 Å². The van der Waals surface area contributed by atoms with Crippen LogP contribution in [0.25, 0.3) is 0 Å². The lowest BCUT2D eigenvalue weighted by Crippen LogP contribution is -2.41. The van der Waals surface area contributed by atoms with Crippen LogP contribution < -0.4 is 5.73 Å². The van der Waals surface area contributed by atoms with Crippen LogP contribution in [0.3, 0.4) is 0 Å². The summed E-state index contributed by atoms with van der Waals surface area (Å²) in [7, 11) is 0. The molecule has 1 atom stereocenters. The van der Waals surface area contributed by atoms with Crippen molar-refractivity contribution in [1.29, 1.82) is 0 Å². The average molecular weight is 230 g/mol. The van der Waals surface area contributed by atoms with E-state index in [0.29, 0.717) is 0 Å². The summed E-state index contributed by atoms with van der Waals surface area (Å²) in [5, 5.41) is 8.59. The number of carboxylic acid groups (broad SMARTS) is 1. The molecule has 0 fully saturated rings. The van der Waals surface area contributed by atoms with Gasteiger partial charge in [-0.15, -0.1) is 0 Å². The number of carbonyl (C=O) groups is 2. The van der Waals surface area contributed by atoms with E-state index in [1.54, 1.807) is 4.90 Å². The molecular weight excluding hydrogens is 208 g/mol. The summed E-state index contributed by atoms with van der Waals surface area (Å²) in [6.07, 6.45) is 1.01. The second-order valence-corrected chi connectivity index (χ2v) is 4.20. The van der Waals surface area contributed by atoms with E-state index >= 15 is 0 Å². The van der Waals surface area contributed by atoms with Gasteiger partial charge < -0.3 is 15.7 Å². The second kappa shape index (κ2) is 7.22. The molecule has 94 valence electrons. The fraction of sp³-hybridized carbons (Fsp3) is 0.818. The predicted molar refractivity (Wildman–Crippen MR) is 62.0 cm³/mol. The summed E-state index contributed by atoms with van der Waals surface area (Å²) in [5.74, 6) is -0.955. The van der Waals surface area contributed by atoms with Gasteiger partial charge in [0.15, 0.2) is 0 Å². The zero-order valence-electron chi connectivity index (χ0n) is 10.3. The normalized spacial score (nSPS) is 12.6. The van der Waals surface area contributed by atoms with Gasteiger partial charge in [-0.2, -0.15) is 0 Å². The van der Waals surface area contributed by atoms with Crippen molar-refractivity contribution in [3.8, 4) is 0 Å². The molecule has 1 unspecified atom stereocenters. The van der Waals surface area contributed by atoms with E-state index < -0.39 is 5.97 Å². The van der Waals surface area contributed by atoms with Gasteiger partial charge in [0, 0.05) is 25.0 Å². The minimum Gasteiger partial charge on any atom is -0.481 e. The molecule has 1 amide bonds. The van der Waals surface area contributed by atoms with Crippen molar-refractivity contribution in [2.45, 2.75) is 52.1 Å². The topological polar surface area (TPSA) is 83.6 Å². The molecule has 0 bridgehead atoms. The lowest BCUT2D eigenvalue weighted by molar-refractivity contribution is -0.139. The summed E-state index contributed by atoms with van der Waals surface area (Å²) in [5.41, 5.74) is 5.70. The first-order valence-corrected chi connectivity index (χ1v) is 5.65. The molecule has 5 nitrogen and oxygen atoms in total. The van der Waals surface area contributed by atoms with E-state index in [1.165, 1.54) is 0 Å². The summed E-state index contributed by atoms with van der Waals surface area (Å²) in [4.78, 5) is 23.9. The number of rotatable bonds is 7. The Labute approximate surface area is 96.6 Å². The Balaban J connectivity index is 4.29. The van der Waals surface area contributed by atoms with E-state index in [0.717, 1.165) is 6.42 Å². The molecule has 0 saturated carbocycles. The highest BCUT2D eigenvalue weighted by atomic mass is 16.4. The number of carboxylic acids is 1. The van der Waals surface area contributed by atoms with Gasteiger partial charge in [0.2, 0.25) is 5.91 Å². The summed E-state index contributed by atoms with van der Waals surface area (Å²) in [6.45, 7) is 5.92. The molecule has 0 aliphatic rings. The van der Waals surface area contributed by atoms with Crippen molar-refractivity contribution in [2.75, 3.05) is 6.54 Å². The number of carbonyl (C=O) groups excluding carboxylic acids is 1. The fourth-order valence-corrected chi connectivity index (χ4v) is 1.37. The third-order valence-corrected chi connectivity index (χ3v) is 2.47. The first kappa shape index (κ1) is 14.9. The Morgan fingerprint density at radius 1 is 1.38 bits per heavy atom. The number of aliphatic carboxylic acids is 1. The van der Waals surface area contributed by atoms with Crippen LogP contribution in [0.1, 0.15) is 40.0 Å². The largest absolute Gasteiger partial charge is 0.481 e. The van der Waals surface area contributed by atoms with Crippen molar-refractivity contribution in [1.82, 2.24) is 4.90 Å². The quantitative estimate of drug-likeness (QED) is 0.678. The fourth-order valence-electron chi connectivity index (χ4n) is 1.37. The zero-order valence-corrected chi connectivity index (χ0v) is 10.3. The summed E-state index contributed by atoms with van der Waals surface area (Å²) in [6, 6.07) is -0.130.